The molecule has 0 saturated carbocycles. The number of aliphatic hydroxyl groups excluding tert-OH is 2. The molecule has 32 heavy (non-hydrogen) atoms. The molecule has 1 amide bonds. The normalized spacial score (nSPS) is 16.5. The van der Waals surface area contributed by atoms with Crippen molar-refractivity contribution in [3.63, 3.8) is 0 Å². The Morgan fingerprint density at radius 2 is 1.88 bits per heavy atom. The zero-order valence-corrected chi connectivity index (χ0v) is 20.1. The Balaban J connectivity index is 0.000000258. The fourth-order valence-electron chi connectivity index (χ4n) is 3.54. The Morgan fingerprint density at radius 1 is 1.16 bits per heavy atom. The summed E-state index contributed by atoms with van der Waals surface area (Å²) in [6.45, 7) is 4.62. The summed E-state index contributed by atoms with van der Waals surface area (Å²) >= 11 is 1.52. The number of nitrogens with zero attached hydrogens (tertiary/aromatic N) is 1. The van der Waals surface area contributed by atoms with Gasteiger partial charge >= 0.3 is 5.97 Å². The summed E-state index contributed by atoms with van der Waals surface area (Å²) in [5, 5.41) is 19.6. The highest BCUT2D eigenvalue weighted by Crippen LogP contribution is 2.25. The third kappa shape index (κ3) is 7.73. The SMILES string of the molecule is CCCCCC(O)c1ccc(N2CC(O)CC2=O)cc1.CCCc1ccc(C(=O)OC)s1. The molecule has 1 fully saturated rings. The summed E-state index contributed by atoms with van der Waals surface area (Å²) in [7, 11) is 1.40. The van der Waals surface area contributed by atoms with E-state index in [4.69, 9.17) is 0 Å². The number of esters is 1. The zero-order valence-electron chi connectivity index (χ0n) is 19.3. The molecule has 176 valence electrons. The molecule has 2 atom stereocenters. The number of hydrogen-bond donors (Lipinski definition) is 2. The molecule has 3 rings (SSSR count). The van der Waals surface area contributed by atoms with Crippen LogP contribution < -0.4 is 4.90 Å². The molecule has 0 aliphatic carbocycles. The third-order valence-electron chi connectivity index (χ3n) is 5.32. The molecular weight excluding hydrogens is 426 g/mol. The minimum absolute atomic E-state index is 0.0475. The summed E-state index contributed by atoms with van der Waals surface area (Å²) in [6, 6.07) is 11.2. The molecule has 7 heteroatoms. The summed E-state index contributed by atoms with van der Waals surface area (Å²) in [5.41, 5.74) is 1.67. The van der Waals surface area contributed by atoms with E-state index in [0.29, 0.717) is 11.4 Å². The molecule has 0 radical (unpaired) electrons. The van der Waals surface area contributed by atoms with Gasteiger partial charge in [0.2, 0.25) is 5.91 Å². The van der Waals surface area contributed by atoms with Crippen LogP contribution in [-0.4, -0.2) is 41.8 Å². The number of amides is 1. The van der Waals surface area contributed by atoms with Crippen molar-refractivity contribution < 1.29 is 24.5 Å². The highest BCUT2D eigenvalue weighted by atomic mass is 32.1. The molecule has 1 aromatic heterocycles. The quantitative estimate of drug-likeness (QED) is 0.410. The number of aliphatic hydroxyl groups is 2. The number of hydrogen-bond acceptors (Lipinski definition) is 6. The lowest BCUT2D eigenvalue weighted by Gasteiger charge is -2.17. The number of β-amino-alcohol motifs (C(OH)–C–C–N with tert-alkyl or cyclic N) is 1. The van der Waals surface area contributed by atoms with Crippen LogP contribution in [0.25, 0.3) is 0 Å². The maximum absolute atomic E-state index is 11.7. The van der Waals surface area contributed by atoms with Crippen LogP contribution in [0.4, 0.5) is 5.69 Å². The van der Waals surface area contributed by atoms with Gasteiger partial charge in [0.05, 0.1) is 32.3 Å². The topological polar surface area (TPSA) is 87.1 Å². The highest BCUT2D eigenvalue weighted by Gasteiger charge is 2.28. The fourth-order valence-corrected chi connectivity index (χ4v) is 4.57. The smallest absolute Gasteiger partial charge is 0.348 e. The summed E-state index contributed by atoms with van der Waals surface area (Å²) in [4.78, 5) is 26.3. The van der Waals surface area contributed by atoms with Crippen molar-refractivity contribution in [2.75, 3.05) is 18.6 Å². The Kier molecular flexibility index (Phi) is 10.9. The van der Waals surface area contributed by atoms with Crippen LogP contribution in [0.2, 0.25) is 0 Å². The molecule has 0 spiro atoms. The Hall–Kier alpha value is -2.22. The van der Waals surface area contributed by atoms with Gasteiger partial charge in [-0.05, 0) is 42.7 Å². The number of methoxy groups -OCH3 is 1. The van der Waals surface area contributed by atoms with Crippen molar-refractivity contribution in [1.29, 1.82) is 0 Å². The second-order valence-electron chi connectivity index (χ2n) is 7.97. The second kappa shape index (κ2) is 13.4. The molecule has 2 aromatic rings. The van der Waals surface area contributed by atoms with Gasteiger partial charge in [-0.1, -0.05) is 51.7 Å². The fraction of sp³-hybridized carbons (Fsp3) is 0.520. The van der Waals surface area contributed by atoms with E-state index in [2.05, 4.69) is 18.6 Å². The molecule has 1 saturated heterocycles. The highest BCUT2D eigenvalue weighted by molar-refractivity contribution is 7.13. The summed E-state index contributed by atoms with van der Waals surface area (Å²) in [6.07, 6.45) is 5.42. The molecule has 1 aromatic carbocycles. The lowest BCUT2D eigenvalue weighted by molar-refractivity contribution is -0.117. The molecule has 1 aliphatic heterocycles. The number of thiophene rings is 1. The molecule has 1 aliphatic rings. The summed E-state index contributed by atoms with van der Waals surface area (Å²) in [5.74, 6) is -0.281. The molecular formula is C25H35NO5S. The zero-order chi connectivity index (χ0) is 23.5. The number of carbonyl (C=O) groups is 2. The van der Waals surface area contributed by atoms with Crippen LogP contribution in [0.15, 0.2) is 36.4 Å². The number of benzene rings is 1. The standard InChI is InChI=1S/C16H23NO3.C9H12O2S/c1-2-3-4-5-15(19)12-6-8-13(9-7-12)17-11-14(18)10-16(17)20;1-3-4-7-5-6-8(12-7)9(10)11-2/h6-9,14-15,18-19H,2-5,10-11H2,1H3;5-6H,3-4H2,1-2H3. The van der Waals surface area contributed by atoms with Crippen molar-refractivity contribution in [2.45, 2.75) is 71.0 Å². The first kappa shape index (κ1) is 26.0. The second-order valence-corrected chi connectivity index (χ2v) is 9.14. The van der Waals surface area contributed by atoms with E-state index in [1.165, 1.54) is 23.3 Å². The van der Waals surface area contributed by atoms with Gasteiger partial charge in [-0.25, -0.2) is 4.79 Å². The van der Waals surface area contributed by atoms with Crippen LogP contribution in [0.3, 0.4) is 0 Å². The van der Waals surface area contributed by atoms with Crippen molar-refractivity contribution in [3.8, 4) is 0 Å². The molecule has 2 heterocycles. The first-order valence-corrected chi connectivity index (χ1v) is 12.1. The maximum atomic E-state index is 11.7. The minimum atomic E-state index is -0.568. The van der Waals surface area contributed by atoms with E-state index in [9.17, 15) is 19.8 Å². The van der Waals surface area contributed by atoms with E-state index in [1.54, 1.807) is 4.90 Å². The average molecular weight is 462 g/mol. The van der Waals surface area contributed by atoms with Gasteiger partial charge < -0.3 is 19.8 Å². The van der Waals surface area contributed by atoms with E-state index < -0.39 is 12.2 Å². The third-order valence-corrected chi connectivity index (χ3v) is 6.44. The van der Waals surface area contributed by atoms with Gasteiger partial charge in [-0.3, -0.25) is 4.79 Å². The van der Waals surface area contributed by atoms with Gasteiger partial charge in [0.15, 0.2) is 0 Å². The Labute approximate surface area is 194 Å². The number of ether oxygens (including phenoxy) is 1. The first-order chi connectivity index (χ1) is 15.4. The largest absolute Gasteiger partial charge is 0.465 e. The molecule has 2 unspecified atom stereocenters. The first-order valence-electron chi connectivity index (χ1n) is 11.3. The molecule has 6 nitrogen and oxygen atoms in total. The predicted octanol–water partition coefficient (Wildman–Crippen LogP) is 4.89. The average Bonchev–Trinajstić information content (AvgIpc) is 3.40. The van der Waals surface area contributed by atoms with Crippen LogP contribution in [0.5, 0.6) is 0 Å². The van der Waals surface area contributed by atoms with E-state index in [-0.39, 0.29) is 18.3 Å². The minimum Gasteiger partial charge on any atom is -0.465 e. The van der Waals surface area contributed by atoms with Gasteiger partial charge in [-0.2, -0.15) is 0 Å². The van der Waals surface area contributed by atoms with E-state index in [0.717, 1.165) is 49.8 Å². The van der Waals surface area contributed by atoms with Crippen molar-refractivity contribution in [2.24, 2.45) is 0 Å². The van der Waals surface area contributed by atoms with Crippen molar-refractivity contribution >= 4 is 28.9 Å². The lowest BCUT2D eigenvalue weighted by atomic mass is 10.0. The lowest BCUT2D eigenvalue weighted by Crippen LogP contribution is -2.25. The van der Waals surface area contributed by atoms with Crippen molar-refractivity contribution in [3.05, 3.63) is 51.7 Å². The van der Waals surface area contributed by atoms with Crippen LogP contribution in [0.1, 0.15) is 78.6 Å². The van der Waals surface area contributed by atoms with Gasteiger partial charge in [0.25, 0.3) is 0 Å². The Bertz CT molecular complexity index is 848. The van der Waals surface area contributed by atoms with Crippen LogP contribution in [-0.2, 0) is 16.0 Å². The predicted molar refractivity (Wildman–Crippen MR) is 128 cm³/mol. The number of carbonyl (C=O) groups excluding carboxylic acids is 2. The van der Waals surface area contributed by atoms with E-state index >= 15 is 0 Å². The molecule has 0 bridgehead atoms. The van der Waals surface area contributed by atoms with Gasteiger partial charge in [0.1, 0.15) is 4.88 Å². The van der Waals surface area contributed by atoms with Crippen molar-refractivity contribution in [1.82, 2.24) is 0 Å². The number of aryl methyl sites for hydroxylation is 1. The molecule has 2 N–H and O–H groups in total. The number of unbranched alkanes of at least 4 members (excludes halogenated alkanes) is 2. The summed E-state index contributed by atoms with van der Waals surface area (Å²) < 4.78 is 4.60. The monoisotopic (exact) mass is 461 g/mol. The number of rotatable bonds is 9. The van der Waals surface area contributed by atoms with E-state index in [1.807, 2.05) is 36.4 Å². The van der Waals surface area contributed by atoms with Crippen LogP contribution >= 0.6 is 11.3 Å². The van der Waals surface area contributed by atoms with Gasteiger partial charge in [0, 0.05) is 10.6 Å². The van der Waals surface area contributed by atoms with Crippen LogP contribution in [0, 0.1) is 0 Å². The maximum Gasteiger partial charge on any atom is 0.348 e. The number of anilines is 1. The van der Waals surface area contributed by atoms with Gasteiger partial charge in [-0.15, -0.1) is 11.3 Å². The Morgan fingerprint density at radius 3 is 2.44 bits per heavy atom.